The van der Waals surface area contributed by atoms with Crippen molar-refractivity contribution in [2.24, 2.45) is 0 Å². The zero-order chi connectivity index (χ0) is 13.7. The summed E-state index contributed by atoms with van der Waals surface area (Å²) in [6, 6.07) is 1.98. The second kappa shape index (κ2) is 5.77. The molecule has 0 heterocycles. The highest BCUT2D eigenvalue weighted by Crippen LogP contribution is 2.22. The third-order valence-electron chi connectivity index (χ3n) is 2.19. The van der Waals surface area contributed by atoms with Gasteiger partial charge in [0.1, 0.15) is 5.82 Å². The molecule has 1 amide bonds. The third kappa shape index (κ3) is 3.56. The highest BCUT2D eigenvalue weighted by molar-refractivity contribution is 5.73. The van der Waals surface area contributed by atoms with Gasteiger partial charge in [-0.1, -0.05) is 11.8 Å². The van der Waals surface area contributed by atoms with E-state index in [0.717, 1.165) is 12.1 Å². The third-order valence-corrected chi connectivity index (χ3v) is 2.19. The molecular weight excluding hydrogens is 239 g/mol. The Morgan fingerprint density at radius 1 is 1.56 bits per heavy atom. The van der Waals surface area contributed by atoms with Gasteiger partial charge in [-0.05, 0) is 13.0 Å². The van der Waals surface area contributed by atoms with Crippen LogP contribution in [-0.2, 0) is 4.79 Å². The number of carbonyl (C=O) groups is 1. The molecule has 0 spiro atoms. The molecule has 0 aliphatic rings. The van der Waals surface area contributed by atoms with Crippen LogP contribution in [0.25, 0.3) is 0 Å². The first-order valence-corrected chi connectivity index (χ1v) is 5.09. The van der Waals surface area contributed by atoms with Crippen LogP contribution >= 0.6 is 0 Å². The molecule has 94 valence electrons. The fourth-order valence-corrected chi connectivity index (χ4v) is 1.29. The van der Waals surface area contributed by atoms with Crippen molar-refractivity contribution in [2.45, 2.75) is 13.8 Å². The molecule has 0 aliphatic carbocycles. The Balaban J connectivity index is 3.02. The SMILES string of the molecule is CC(=O)NCC#Cc1cc(F)cc([N+](=O)[O-])c1C. The number of nitrogens with zero attached hydrogens (tertiary/aromatic N) is 1. The molecule has 1 aromatic carbocycles. The molecule has 6 heteroatoms. The van der Waals surface area contributed by atoms with E-state index >= 15 is 0 Å². The average molecular weight is 250 g/mol. The van der Waals surface area contributed by atoms with Gasteiger partial charge in [0.05, 0.1) is 17.5 Å². The zero-order valence-corrected chi connectivity index (χ0v) is 9.91. The smallest absolute Gasteiger partial charge is 0.276 e. The monoisotopic (exact) mass is 250 g/mol. The van der Waals surface area contributed by atoms with Gasteiger partial charge in [-0.15, -0.1) is 0 Å². The fourth-order valence-electron chi connectivity index (χ4n) is 1.29. The highest BCUT2D eigenvalue weighted by atomic mass is 19.1. The highest BCUT2D eigenvalue weighted by Gasteiger charge is 2.15. The summed E-state index contributed by atoms with van der Waals surface area (Å²) in [6.07, 6.45) is 0. The van der Waals surface area contributed by atoms with Crippen LogP contribution in [0.2, 0.25) is 0 Å². The van der Waals surface area contributed by atoms with Crippen molar-refractivity contribution in [2.75, 3.05) is 6.54 Å². The fraction of sp³-hybridized carbons (Fsp3) is 0.250. The van der Waals surface area contributed by atoms with Crippen LogP contribution in [-0.4, -0.2) is 17.4 Å². The van der Waals surface area contributed by atoms with E-state index in [-0.39, 0.29) is 23.7 Å². The van der Waals surface area contributed by atoms with Crippen LogP contribution in [0.15, 0.2) is 12.1 Å². The summed E-state index contributed by atoms with van der Waals surface area (Å²) in [5, 5.41) is 13.1. The van der Waals surface area contributed by atoms with Crippen molar-refractivity contribution < 1.29 is 14.1 Å². The van der Waals surface area contributed by atoms with E-state index in [1.54, 1.807) is 0 Å². The van der Waals surface area contributed by atoms with Gasteiger partial charge in [-0.2, -0.15) is 0 Å². The maximum absolute atomic E-state index is 13.2. The van der Waals surface area contributed by atoms with Crippen LogP contribution in [0, 0.1) is 34.7 Å². The van der Waals surface area contributed by atoms with Crippen LogP contribution in [0.3, 0.4) is 0 Å². The Morgan fingerprint density at radius 2 is 2.22 bits per heavy atom. The summed E-state index contributed by atoms with van der Waals surface area (Å²) in [7, 11) is 0. The van der Waals surface area contributed by atoms with Gasteiger partial charge in [0.25, 0.3) is 5.69 Å². The van der Waals surface area contributed by atoms with E-state index < -0.39 is 10.7 Å². The number of nitro benzene ring substituents is 1. The van der Waals surface area contributed by atoms with Gasteiger partial charge in [0.15, 0.2) is 0 Å². The first-order valence-electron chi connectivity index (χ1n) is 5.09. The lowest BCUT2D eigenvalue weighted by molar-refractivity contribution is -0.385. The number of rotatable bonds is 2. The molecule has 1 aromatic rings. The predicted octanol–water partition coefficient (Wildman–Crippen LogP) is 1.53. The second-order valence-corrected chi connectivity index (χ2v) is 3.57. The molecule has 0 aliphatic heterocycles. The van der Waals surface area contributed by atoms with Gasteiger partial charge in [-0.25, -0.2) is 4.39 Å². The number of hydrogen-bond donors (Lipinski definition) is 1. The molecule has 0 atom stereocenters. The molecule has 18 heavy (non-hydrogen) atoms. The molecule has 1 rings (SSSR count). The summed E-state index contributed by atoms with van der Waals surface area (Å²) in [6.45, 7) is 2.96. The van der Waals surface area contributed by atoms with Crippen molar-refractivity contribution >= 4 is 11.6 Å². The summed E-state index contributed by atoms with van der Waals surface area (Å²) < 4.78 is 13.2. The minimum absolute atomic E-state index is 0.110. The van der Waals surface area contributed by atoms with Gasteiger partial charge in [0.2, 0.25) is 5.91 Å². The van der Waals surface area contributed by atoms with Crippen molar-refractivity contribution in [1.29, 1.82) is 0 Å². The van der Waals surface area contributed by atoms with Crippen molar-refractivity contribution in [3.8, 4) is 11.8 Å². The van der Waals surface area contributed by atoms with Crippen LogP contribution in [0.4, 0.5) is 10.1 Å². The van der Waals surface area contributed by atoms with Crippen molar-refractivity contribution in [3.05, 3.63) is 39.2 Å². The van der Waals surface area contributed by atoms with E-state index in [2.05, 4.69) is 17.2 Å². The average Bonchev–Trinajstić information content (AvgIpc) is 2.27. The number of benzene rings is 1. The maximum atomic E-state index is 13.2. The van der Waals surface area contributed by atoms with E-state index in [1.165, 1.54) is 13.8 Å². The minimum Gasteiger partial charge on any atom is -0.345 e. The lowest BCUT2D eigenvalue weighted by Gasteiger charge is -2.00. The number of halogens is 1. The second-order valence-electron chi connectivity index (χ2n) is 3.57. The molecule has 0 saturated heterocycles. The molecule has 0 saturated carbocycles. The van der Waals surface area contributed by atoms with Crippen LogP contribution < -0.4 is 5.32 Å². The Bertz CT molecular complexity index is 558. The Morgan fingerprint density at radius 3 is 2.78 bits per heavy atom. The van der Waals surface area contributed by atoms with Crippen LogP contribution in [0.1, 0.15) is 18.1 Å². The summed E-state index contributed by atoms with van der Waals surface area (Å²) in [5.41, 5.74) is 0.239. The molecule has 0 bridgehead atoms. The quantitative estimate of drug-likeness (QED) is 0.491. The molecule has 0 aromatic heterocycles. The topological polar surface area (TPSA) is 72.2 Å². The number of carbonyl (C=O) groups excluding carboxylic acids is 1. The number of nitro groups is 1. The Kier molecular flexibility index (Phi) is 4.38. The van der Waals surface area contributed by atoms with E-state index in [1.807, 2.05) is 0 Å². The number of amides is 1. The molecular formula is C12H11FN2O3. The van der Waals surface area contributed by atoms with Crippen LogP contribution in [0.5, 0.6) is 0 Å². The normalized spacial score (nSPS) is 9.28. The Labute approximate surface area is 103 Å². The largest absolute Gasteiger partial charge is 0.345 e. The molecule has 0 radical (unpaired) electrons. The Hall–Kier alpha value is -2.42. The van der Waals surface area contributed by atoms with E-state index in [9.17, 15) is 19.3 Å². The lowest BCUT2D eigenvalue weighted by Crippen LogP contribution is -2.19. The maximum Gasteiger partial charge on any atom is 0.276 e. The first-order chi connectivity index (χ1) is 8.41. The van der Waals surface area contributed by atoms with Gasteiger partial charge < -0.3 is 5.32 Å². The van der Waals surface area contributed by atoms with Gasteiger partial charge in [-0.3, -0.25) is 14.9 Å². The minimum atomic E-state index is -0.712. The zero-order valence-electron chi connectivity index (χ0n) is 9.91. The number of nitrogens with one attached hydrogen (secondary N) is 1. The summed E-state index contributed by atoms with van der Waals surface area (Å²) in [5.74, 6) is 4.25. The summed E-state index contributed by atoms with van der Waals surface area (Å²) >= 11 is 0. The van der Waals surface area contributed by atoms with Gasteiger partial charge in [0, 0.05) is 18.1 Å². The lowest BCUT2D eigenvalue weighted by atomic mass is 10.1. The van der Waals surface area contributed by atoms with E-state index in [0.29, 0.717) is 5.56 Å². The van der Waals surface area contributed by atoms with Gasteiger partial charge >= 0.3 is 0 Å². The van der Waals surface area contributed by atoms with E-state index in [4.69, 9.17) is 0 Å². The number of hydrogen-bond acceptors (Lipinski definition) is 3. The molecule has 1 N–H and O–H groups in total. The molecule has 0 unspecified atom stereocenters. The van der Waals surface area contributed by atoms with Crippen molar-refractivity contribution in [1.82, 2.24) is 5.32 Å². The molecule has 5 nitrogen and oxygen atoms in total. The van der Waals surface area contributed by atoms with Crippen molar-refractivity contribution in [3.63, 3.8) is 0 Å². The first kappa shape index (κ1) is 13.6. The summed E-state index contributed by atoms with van der Waals surface area (Å²) in [4.78, 5) is 20.6. The molecule has 0 fully saturated rings. The standard InChI is InChI=1S/C12H11FN2O3/c1-8-10(4-3-5-14-9(2)16)6-11(13)7-12(8)15(17)18/h6-7H,5H2,1-2H3,(H,14,16). The predicted molar refractivity (Wildman–Crippen MR) is 63.4 cm³/mol.